The Hall–Kier alpha value is -2.74. The zero-order valence-corrected chi connectivity index (χ0v) is 15.4. The van der Waals surface area contributed by atoms with E-state index in [1.54, 1.807) is 0 Å². The summed E-state index contributed by atoms with van der Waals surface area (Å²) in [6.07, 6.45) is 6.18. The van der Waals surface area contributed by atoms with Gasteiger partial charge in [0.1, 0.15) is 0 Å². The number of nitrogens with one attached hydrogen (secondary N) is 2. The minimum atomic E-state index is 0.489. The van der Waals surface area contributed by atoms with Gasteiger partial charge in [-0.1, -0.05) is 42.5 Å². The third-order valence-electron chi connectivity index (χ3n) is 5.89. The van der Waals surface area contributed by atoms with Gasteiger partial charge in [-0.25, -0.2) is 0 Å². The molecule has 1 aliphatic carbocycles. The Morgan fingerprint density at radius 2 is 1.46 bits per heavy atom. The molecule has 0 aliphatic heterocycles. The van der Waals surface area contributed by atoms with E-state index in [1.807, 2.05) is 0 Å². The molecule has 0 saturated carbocycles. The lowest BCUT2D eigenvalue weighted by Crippen LogP contribution is -2.04. The largest absolute Gasteiger partial charge is 0.358 e. The summed E-state index contributed by atoms with van der Waals surface area (Å²) in [6, 6.07) is 17.4. The minimum absolute atomic E-state index is 0.489. The average molecular weight is 340 g/mol. The number of rotatable bonds is 2. The second-order valence-electron chi connectivity index (χ2n) is 7.57. The zero-order valence-electron chi connectivity index (χ0n) is 15.4. The van der Waals surface area contributed by atoms with Gasteiger partial charge in [-0.3, -0.25) is 0 Å². The van der Waals surface area contributed by atoms with Crippen molar-refractivity contribution in [2.75, 3.05) is 0 Å². The Kier molecular flexibility index (Phi) is 3.53. The van der Waals surface area contributed by atoms with Crippen LogP contribution in [0.15, 0.2) is 54.6 Å². The van der Waals surface area contributed by atoms with E-state index in [2.05, 4.69) is 78.4 Å². The lowest BCUT2D eigenvalue weighted by atomic mass is 9.82. The molecule has 0 radical (unpaired) electrons. The summed E-state index contributed by atoms with van der Waals surface area (Å²) in [5.74, 6) is 0.489. The Labute approximate surface area is 153 Å². The number of fused-ring (bicyclic) bond motifs is 2. The van der Waals surface area contributed by atoms with Crippen molar-refractivity contribution in [1.29, 1.82) is 0 Å². The fraction of sp³-hybridized carbons (Fsp3) is 0.250. The fourth-order valence-corrected chi connectivity index (χ4v) is 4.82. The van der Waals surface area contributed by atoms with E-state index >= 15 is 0 Å². The van der Waals surface area contributed by atoms with Crippen LogP contribution in [0.2, 0.25) is 0 Å². The highest BCUT2D eigenvalue weighted by Gasteiger charge is 2.23. The van der Waals surface area contributed by atoms with Crippen molar-refractivity contribution < 1.29 is 0 Å². The maximum atomic E-state index is 3.58. The molecule has 0 amide bonds. The molecule has 2 nitrogen and oxygen atoms in total. The van der Waals surface area contributed by atoms with E-state index in [1.165, 1.54) is 69.2 Å². The van der Waals surface area contributed by atoms with E-state index in [-0.39, 0.29) is 0 Å². The lowest BCUT2D eigenvalue weighted by molar-refractivity contribution is 0.664. The fourth-order valence-electron chi connectivity index (χ4n) is 4.82. The average Bonchev–Trinajstić information content (AvgIpc) is 3.17. The minimum Gasteiger partial charge on any atom is -0.358 e. The molecule has 2 aromatic carbocycles. The molecule has 0 fully saturated rings. The quantitative estimate of drug-likeness (QED) is 0.411. The second kappa shape index (κ2) is 5.91. The molecule has 2 N–H and O–H groups in total. The number of aryl methyl sites for hydroxylation is 2. The first-order valence-corrected chi connectivity index (χ1v) is 9.58. The van der Waals surface area contributed by atoms with Crippen molar-refractivity contribution in [2.24, 2.45) is 0 Å². The van der Waals surface area contributed by atoms with Crippen molar-refractivity contribution >= 4 is 27.4 Å². The van der Waals surface area contributed by atoms with Gasteiger partial charge >= 0.3 is 0 Å². The summed E-state index contributed by atoms with van der Waals surface area (Å²) in [5.41, 5.74) is 9.49. The van der Waals surface area contributed by atoms with Crippen molar-refractivity contribution in [3.63, 3.8) is 0 Å². The van der Waals surface area contributed by atoms with Crippen LogP contribution in [-0.2, 0) is 0 Å². The number of hydrogen-bond acceptors (Lipinski definition) is 0. The molecule has 2 heteroatoms. The van der Waals surface area contributed by atoms with Gasteiger partial charge in [0.2, 0.25) is 0 Å². The number of benzene rings is 2. The number of allylic oxidation sites excluding steroid dienone is 2. The van der Waals surface area contributed by atoms with Gasteiger partial charge in [0.15, 0.2) is 0 Å². The van der Waals surface area contributed by atoms with Crippen LogP contribution >= 0.6 is 0 Å². The summed E-state index contributed by atoms with van der Waals surface area (Å²) in [5, 5.41) is 2.73. The summed E-state index contributed by atoms with van der Waals surface area (Å²) in [4.78, 5) is 7.15. The normalized spacial score (nSPS) is 17.8. The van der Waals surface area contributed by atoms with Gasteiger partial charge < -0.3 is 9.97 Å². The molecule has 0 unspecified atom stereocenters. The second-order valence-corrected chi connectivity index (χ2v) is 7.57. The van der Waals surface area contributed by atoms with Crippen LogP contribution in [0, 0.1) is 13.8 Å². The Balaban J connectivity index is 1.66. The smallest absolute Gasteiger partial charge is 0.0462 e. The van der Waals surface area contributed by atoms with Crippen molar-refractivity contribution in [3.8, 4) is 0 Å². The number of para-hydroxylation sites is 2. The van der Waals surface area contributed by atoms with Crippen LogP contribution in [0.25, 0.3) is 27.4 Å². The standard InChI is InChI=1S/C24H24N2/c1-15-23(19-10-3-5-12-21(19)25-15)17-8-7-9-18(14-17)24-16(2)26-22-13-6-4-11-20(22)24/h3-6,10-14,17,25-26H,7-9H2,1-2H3/t17-/m0/s1. The van der Waals surface area contributed by atoms with Gasteiger partial charge in [-0.15, -0.1) is 0 Å². The number of aromatic amines is 2. The highest BCUT2D eigenvalue weighted by atomic mass is 14.7. The zero-order chi connectivity index (χ0) is 17.7. The first-order valence-electron chi connectivity index (χ1n) is 9.58. The van der Waals surface area contributed by atoms with E-state index in [0.717, 1.165) is 0 Å². The Morgan fingerprint density at radius 3 is 2.27 bits per heavy atom. The molecule has 1 atom stereocenters. The van der Waals surface area contributed by atoms with Crippen molar-refractivity contribution in [3.05, 3.63) is 77.1 Å². The molecule has 0 saturated heterocycles. The Bertz CT molecular complexity index is 1140. The van der Waals surface area contributed by atoms with Gasteiger partial charge in [-0.2, -0.15) is 0 Å². The molecule has 2 heterocycles. The molecule has 2 aromatic heterocycles. The molecule has 26 heavy (non-hydrogen) atoms. The maximum Gasteiger partial charge on any atom is 0.0462 e. The van der Waals surface area contributed by atoms with Crippen LogP contribution < -0.4 is 0 Å². The number of aromatic nitrogens is 2. The van der Waals surface area contributed by atoms with Crippen LogP contribution in [-0.4, -0.2) is 9.97 Å². The van der Waals surface area contributed by atoms with Crippen LogP contribution in [0.5, 0.6) is 0 Å². The molecule has 5 rings (SSSR count). The predicted octanol–water partition coefficient (Wildman–Crippen LogP) is 6.62. The SMILES string of the molecule is Cc1[nH]c2ccccc2c1C1=C[C@@H](c2c(C)[nH]c3ccccc23)CCC1. The highest BCUT2D eigenvalue weighted by Crippen LogP contribution is 2.41. The molecule has 130 valence electrons. The first-order chi connectivity index (χ1) is 12.7. The topological polar surface area (TPSA) is 31.6 Å². The van der Waals surface area contributed by atoms with Crippen molar-refractivity contribution in [2.45, 2.75) is 39.0 Å². The molecular weight excluding hydrogens is 316 g/mol. The number of hydrogen-bond donors (Lipinski definition) is 2. The summed E-state index contributed by atoms with van der Waals surface area (Å²) in [6.45, 7) is 4.42. The van der Waals surface area contributed by atoms with E-state index in [4.69, 9.17) is 0 Å². The van der Waals surface area contributed by atoms with Crippen LogP contribution in [0.1, 0.15) is 47.7 Å². The summed E-state index contributed by atoms with van der Waals surface area (Å²) in [7, 11) is 0. The Morgan fingerprint density at radius 1 is 0.808 bits per heavy atom. The molecule has 0 bridgehead atoms. The molecule has 1 aliphatic rings. The van der Waals surface area contributed by atoms with E-state index < -0.39 is 0 Å². The monoisotopic (exact) mass is 340 g/mol. The lowest BCUT2D eigenvalue weighted by Gasteiger charge is -2.22. The van der Waals surface area contributed by atoms with E-state index in [0.29, 0.717) is 5.92 Å². The van der Waals surface area contributed by atoms with Gasteiger partial charge in [0.05, 0.1) is 0 Å². The number of H-pyrrole nitrogens is 2. The van der Waals surface area contributed by atoms with Crippen LogP contribution in [0.3, 0.4) is 0 Å². The third kappa shape index (κ3) is 2.33. The van der Waals surface area contributed by atoms with Gasteiger partial charge in [-0.05, 0) is 56.4 Å². The summed E-state index contributed by atoms with van der Waals surface area (Å²) >= 11 is 0. The summed E-state index contributed by atoms with van der Waals surface area (Å²) < 4.78 is 0. The predicted molar refractivity (Wildman–Crippen MR) is 111 cm³/mol. The van der Waals surface area contributed by atoms with Crippen molar-refractivity contribution in [1.82, 2.24) is 9.97 Å². The first kappa shape index (κ1) is 15.5. The molecule has 4 aromatic rings. The highest BCUT2D eigenvalue weighted by molar-refractivity contribution is 5.95. The maximum absolute atomic E-state index is 3.58. The molecule has 0 spiro atoms. The van der Waals surface area contributed by atoms with Gasteiger partial charge in [0, 0.05) is 44.7 Å². The van der Waals surface area contributed by atoms with E-state index in [9.17, 15) is 0 Å². The third-order valence-corrected chi connectivity index (χ3v) is 5.89. The molecular formula is C24H24N2. The van der Waals surface area contributed by atoms with Crippen LogP contribution in [0.4, 0.5) is 0 Å². The van der Waals surface area contributed by atoms with Gasteiger partial charge in [0.25, 0.3) is 0 Å².